The highest BCUT2D eigenvalue weighted by atomic mass is 32.2. The number of nitrogens with one attached hydrogen (secondary N) is 1. The van der Waals surface area contributed by atoms with Crippen molar-refractivity contribution in [3.63, 3.8) is 0 Å². The number of aromatic nitrogens is 1. The first-order valence-corrected chi connectivity index (χ1v) is 11.2. The SMILES string of the molecule is CCS(=Nc1ccc2nccc(Nc3cc(O)cc(OC)c3)c2c1)c1ccccc1O. The number of hydrogen-bond acceptors (Lipinski definition) is 6. The lowest BCUT2D eigenvalue weighted by Crippen LogP contribution is -1.95. The maximum Gasteiger partial charge on any atom is 0.130 e. The third kappa shape index (κ3) is 4.62. The number of para-hydroxylation sites is 1. The van der Waals surface area contributed by atoms with E-state index in [1.54, 1.807) is 31.5 Å². The molecule has 31 heavy (non-hydrogen) atoms. The van der Waals surface area contributed by atoms with E-state index in [4.69, 9.17) is 9.10 Å². The highest BCUT2D eigenvalue weighted by molar-refractivity contribution is 7.87. The van der Waals surface area contributed by atoms with Gasteiger partial charge in [-0.05, 0) is 36.4 Å². The molecule has 3 N–H and O–H groups in total. The Kier molecular flexibility index (Phi) is 6.04. The lowest BCUT2D eigenvalue weighted by atomic mass is 10.1. The molecule has 1 atom stereocenters. The first-order valence-electron chi connectivity index (χ1n) is 9.82. The van der Waals surface area contributed by atoms with Crippen molar-refractivity contribution in [3.8, 4) is 17.2 Å². The first-order chi connectivity index (χ1) is 15.1. The fourth-order valence-electron chi connectivity index (χ4n) is 3.28. The van der Waals surface area contributed by atoms with Gasteiger partial charge in [-0.15, -0.1) is 0 Å². The summed E-state index contributed by atoms with van der Waals surface area (Å²) in [6.07, 6.45) is 1.74. The summed E-state index contributed by atoms with van der Waals surface area (Å²) in [5.41, 5.74) is 3.18. The Morgan fingerprint density at radius 1 is 1.03 bits per heavy atom. The number of nitrogens with zero attached hydrogens (tertiary/aromatic N) is 2. The van der Waals surface area contributed by atoms with Crippen molar-refractivity contribution in [1.29, 1.82) is 0 Å². The second kappa shape index (κ2) is 9.06. The molecular weight excluding hydrogens is 410 g/mol. The second-order valence-corrected chi connectivity index (χ2v) is 8.75. The number of rotatable bonds is 6. The molecule has 1 heterocycles. The molecule has 0 saturated heterocycles. The van der Waals surface area contributed by atoms with E-state index in [-0.39, 0.29) is 11.5 Å². The molecule has 6 nitrogen and oxygen atoms in total. The van der Waals surface area contributed by atoms with E-state index in [9.17, 15) is 10.2 Å². The van der Waals surface area contributed by atoms with Crippen LogP contribution in [0.15, 0.2) is 82.2 Å². The van der Waals surface area contributed by atoms with Gasteiger partial charge in [0.15, 0.2) is 0 Å². The predicted molar refractivity (Wildman–Crippen MR) is 126 cm³/mol. The number of pyridine rings is 1. The second-order valence-electron chi connectivity index (χ2n) is 6.82. The van der Waals surface area contributed by atoms with Gasteiger partial charge in [-0.2, -0.15) is 0 Å². The standard InChI is InChI=1S/C24H23N3O3S/c1-3-31(24-7-5-4-6-23(24)29)27-16-8-9-21-20(14-16)22(10-11-25-21)26-17-12-18(28)15-19(13-17)30-2/h4-15,28-29H,3H2,1-2H3,(H,25,26). The lowest BCUT2D eigenvalue weighted by molar-refractivity contribution is 0.408. The van der Waals surface area contributed by atoms with E-state index >= 15 is 0 Å². The van der Waals surface area contributed by atoms with Crippen molar-refractivity contribution < 1.29 is 14.9 Å². The Morgan fingerprint density at radius 2 is 1.87 bits per heavy atom. The van der Waals surface area contributed by atoms with E-state index in [0.717, 1.165) is 32.9 Å². The van der Waals surface area contributed by atoms with Crippen LogP contribution >= 0.6 is 0 Å². The van der Waals surface area contributed by atoms with E-state index in [2.05, 4.69) is 17.2 Å². The highest BCUT2D eigenvalue weighted by Crippen LogP contribution is 2.33. The summed E-state index contributed by atoms with van der Waals surface area (Å²) in [6, 6.07) is 20.1. The third-order valence-electron chi connectivity index (χ3n) is 4.74. The van der Waals surface area contributed by atoms with Crippen LogP contribution in [-0.4, -0.2) is 28.1 Å². The van der Waals surface area contributed by atoms with Crippen LogP contribution < -0.4 is 10.1 Å². The van der Waals surface area contributed by atoms with Crippen LogP contribution in [0.4, 0.5) is 17.1 Å². The predicted octanol–water partition coefficient (Wildman–Crippen LogP) is 5.91. The normalized spacial score (nSPS) is 12.1. The third-order valence-corrected chi connectivity index (χ3v) is 6.57. The van der Waals surface area contributed by atoms with Gasteiger partial charge in [0.1, 0.15) is 17.2 Å². The molecule has 0 aliphatic rings. The minimum absolute atomic E-state index is 0.116. The summed E-state index contributed by atoms with van der Waals surface area (Å²) in [6.45, 7) is 2.06. The minimum Gasteiger partial charge on any atom is -0.508 e. The monoisotopic (exact) mass is 433 g/mol. The van der Waals surface area contributed by atoms with Crippen LogP contribution in [0.1, 0.15) is 6.92 Å². The van der Waals surface area contributed by atoms with Crippen LogP contribution in [0.3, 0.4) is 0 Å². The smallest absolute Gasteiger partial charge is 0.130 e. The van der Waals surface area contributed by atoms with E-state index < -0.39 is 10.7 Å². The number of ether oxygens (including phenoxy) is 1. The van der Waals surface area contributed by atoms with Crippen LogP contribution in [-0.2, 0) is 10.7 Å². The van der Waals surface area contributed by atoms with Crippen molar-refractivity contribution in [1.82, 2.24) is 4.98 Å². The van der Waals surface area contributed by atoms with Crippen LogP contribution in [0, 0.1) is 0 Å². The van der Waals surface area contributed by atoms with Crippen LogP contribution in [0.25, 0.3) is 10.9 Å². The van der Waals surface area contributed by atoms with Gasteiger partial charge in [0.2, 0.25) is 0 Å². The molecule has 1 unspecified atom stereocenters. The van der Waals surface area contributed by atoms with Crippen LogP contribution in [0.5, 0.6) is 17.2 Å². The van der Waals surface area contributed by atoms with Gasteiger partial charge in [0.25, 0.3) is 0 Å². The molecule has 0 radical (unpaired) electrons. The molecule has 3 aromatic carbocycles. The molecule has 7 heteroatoms. The van der Waals surface area contributed by atoms with Gasteiger partial charge >= 0.3 is 0 Å². The summed E-state index contributed by atoms with van der Waals surface area (Å²) in [5.74, 6) is 1.73. The van der Waals surface area contributed by atoms with E-state index in [0.29, 0.717) is 11.4 Å². The van der Waals surface area contributed by atoms with Gasteiger partial charge in [-0.1, -0.05) is 29.7 Å². The molecule has 0 aliphatic heterocycles. The summed E-state index contributed by atoms with van der Waals surface area (Å²) in [5, 5.41) is 24.4. The molecule has 0 spiro atoms. The Bertz CT molecular complexity index is 1270. The van der Waals surface area contributed by atoms with Gasteiger partial charge in [-0.3, -0.25) is 4.98 Å². The Balaban J connectivity index is 1.75. The lowest BCUT2D eigenvalue weighted by Gasteiger charge is -2.12. The van der Waals surface area contributed by atoms with Crippen molar-refractivity contribution >= 4 is 38.7 Å². The molecule has 1 aromatic heterocycles. The molecule has 4 aromatic rings. The zero-order valence-corrected chi connectivity index (χ0v) is 18.1. The van der Waals surface area contributed by atoms with Crippen LogP contribution in [0.2, 0.25) is 0 Å². The number of phenols is 2. The number of hydrogen-bond donors (Lipinski definition) is 3. The number of fused-ring (bicyclic) bond motifs is 1. The molecular formula is C24H23N3O3S. The number of anilines is 2. The average Bonchev–Trinajstić information content (AvgIpc) is 2.78. The van der Waals surface area contributed by atoms with Gasteiger partial charge in [0.05, 0.1) is 23.2 Å². The molecule has 0 fully saturated rings. The summed E-state index contributed by atoms with van der Waals surface area (Å²) in [7, 11) is 1.09. The van der Waals surface area contributed by atoms with Crippen molar-refractivity contribution in [2.45, 2.75) is 11.8 Å². The minimum atomic E-state index is -0.468. The maximum atomic E-state index is 10.2. The van der Waals surface area contributed by atoms with Gasteiger partial charge in [0, 0.05) is 46.9 Å². The largest absolute Gasteiger partial charge is 0.508 e. The van der Waals surface area contributed by atoms with E-state index in [1.807, 2.05) is 48.5 Å². The van der Waals surface area contributed by atoms with Crippen molar-refractivity contribution in [2.75, 3.05) is 18.2 Å². The van der Waals surface area contributed by atoms with Gasteiger partial charge < -0.3 is 20.3 Å². The topological polar surface area (TPSA) is 87.0 Å². The first kappa shape index (κ1) is 20.7. The van der Waals surface area contributed by atoms with E-state index in [1.165, 1.54) is 0 Å². The fourth-order valence-corrected chi connectivity index (χ4v) is 4.73. The van der Waals surface area contributed by atoms with Crippen molar-refractivity contribution in [3.05, 3.63) is 72.9 Å². The molecule has 4 rings (SSSR count). The average molecular weight is 434 g/mol. The summed E-state index contributed by atoms with van der Waals surface area (Å²) < 4.78 is 10.1. The Hall–Kier alpha value is -3.58. The fraction of sp³-hybridized carbons (Fsp3) is 0.125. The quantitative estimate of drug-likeness (QED) is 0.352. The van der Waals surface area contributed by atoms with Gasteiger partial charge in [-0.25, -0.2) is 4.36 Å². The molecule has 0 aliphatic carbocycles. The van der Waals surface area contributed by atoms with Crippen molar-refractivity contribution in [2.24, 2.45) is 4.36 Å². The Morgan fingerprint density at radius 3 is 2.65 bits per heavy atom. The Labute approximate surface area is 183 Å². The maximum absolute atomic E-state index is 10.2. The molecule has 0 saturated carbocycles. The zero-order chi connectivity index (χ0) is 21.8. The molecule has 0 amide bonds. The number of phenolic OH excluding ortho intramolecular Hbond substituents is 2. The number of benzene rings is 3. The summed E-state index contributed by atoms with van der Waals surface area (Å²) in [4.78, 5) is 5.29. The molecule has 0 bridgehead atoms. The molecule has 158 valence electrons. The summed E-state index contributed by atoms with van der Waals surface area (Å²) >= 11 is 0. The highest BCUT2D eigenvalue weighted by Gasteiger charge is 2.08. The number of aromatic hydroxyl groups is 2. The number of methoxy groups -OCH3 is 1. The zero-order valence-electron chi connectivity index (χ0n) is 17.2.